The number of sulfone groups is 1. The Bertz CT molecular complexity index is 823. The average Bonchev–Trinajstić information content (AvgIpc) is 2.54. The van der Waals surface area contributed by atoms with Crippen molar-refractivity contribution in [3.05, 3.63) is 58.1 Å². The molecule has 0 spiro atoms. The molecular weight excluding hydrogens is 296 g/mol. The van der Waals surface area contributed by atoms with Crippen molar-refractivity contribution in [3.63, 3.8) is 0 Å². The fraction of sp³-hybridized carbons (Fsp3) is 0.0667. The number of rotatable bonds is 1. The molecule has 0 amide bonds. The van der Waals surface area contributed by atoms with Crippen LogP contribution in [0.4, 0.5) is 0 Å². The molecule has 1 aliphatic rings. The lowest BCUT2D eigenvalue weighted by molar-refractivity contribution is 0.281. The van der Waals surface area contributed by atoms with E-state index in [0.717, 1.165) is 0 Å². The average molecular weight is 307 g/mol. The number of benzene rings is 2. The molecule has 3 rings (SSSR count). The molecule has 1 aliphatic heterocycles. The minimum Gasteiger partial charge on any atom is -0.392 e. The summed E-state index contributed by atoms with van der Waals surface area (Å²) in [6, 6.07) is 9.62. The summed E-state index contributed by atoms with van der Waals surface area (Å²) in [6.07, 6.45) is 3.49. The smallest absolute Gasteiger partial charge is 0.207 e. The molecule has 0 bridgehead atoms. The number of hydrogen-bond donors (Lipinski definition) is 1. The van der Waals surface area contributed by atoms with Gasteiger partial charge in [-0.3, -0.25) is 0 Å². The maximum Gasteiger partial charge on any atom is 0.207 e. The van der Waals surface area contributed by atoms with E-state index in [1.54, 1.807) is 36.4 Å². The van der Waals surface area contributed by atoms with Gasteiger partial charge >= 0.3 is 0 Å². The highest BCUT2D eigenvalue weighted by Gasteiger charge is 2.25. The van der Waals surface area contributed by atoms with Gasteiger partial charge in [0.15, 0.2) is 0 Å². The number of aliphatic hydroxyl groups is 1. The zero-order chi connectivity index (χ0) is 14.3. The molecule has 0 unspecified atom stereocenters. The Morgan fingerprint density at radius 3 is 2.45 bits per heavy atom. The van der Waals surface area contributed by atoms with Crippen LogP contribution in [0.25, 0.3) is 12.2 Å². The van der Waals surface area contributed by atoms with Crippen molar-refractivity contribution in [2.24, 2.45) is 0 Å². The quantitative estimate of drug-likeness (QED) is 0.751. The van der Waals surface area contributed by atoms with Gasteiger partial charge in [-0.1, -0.05) is 35.9 Å². The van der Waals surface area contributed by atoms with Crippen molar-refractivity contribution in [3.8, 4) is 0 Å². The molecule has 2 aromatic carbocycles. The molecule has 0 aromatic heterocycles. The van der Waals surface area contributed by atoms with Gasteiger partial charge in [-0.05, 0) is 41.0 Å². The van der Waals surface area contributed by atoms with Gasteiger partial charge in [-0.25, -0.2) is 8.42 Å². The van der Waals surface area contributed by atoms with Crippen LogP contribution in [0.2, 0.25) is 5.02 Å². The molecule has 0 fully saturated rings. The Morgan fingerprint density at radius 2 is 1.70 bits per heavy atom. The normalized spacial score (nSPS) is 15.3. The van der Waals surface area contributed by atoms with E-state index in [4.69, 9.17) is 11.6 Å². The summed E-state index contributed by atoms with van der Waals surface area (Å²) in [6.45, 7) is -0.194. The van der Waals surface area contributed by atoms with Crippen molar-refractivity contribution in [2.75, 3.05) is 0 Å². The summed E-state index contributed by atoms with van der Waals surface area (Å²) >= 11 is 5.92. The molecule has 1 heterocycles. The predicted octanol–water partition coefficient (Wildman–Crippen LogP) is 3.15. The van der Waals surface area contributed by atoms with Crippen LogP contribution in [-0.2, 0) is 16.4 Å². The predicted molar refractivity (Wildman–Crippen MR) is 78.2 cm³/mol. The number of fused-ring (bicyclic) bond motifs is 2. The van der Waals surface area contributed by atoms with Crippen LogP contribution in [0.1, 0.15) is 16.7 Å². The molecule has 102 valence electrons. The first-order chi connectivity index (χ1) is 9.52. The van der Waals surface area contributed by atoms with E-state index < -0.39 is 9.84 Å². The van der Waals surface area contributed by atoms with Crippen LogP contribution >= 0.6 is 11.6 Å². The number of halogens is 1. The van der Waals surface area contributed by atoms with Crippen LogP contribution < -0.4 is 0 Å². The largest absolute Gasteiger partial charge is 0.392 e. The van der Waals surface area contributed by atoms with E-state index in [-0.39, 0.29) is 16.4 Å². The summed E-state index contributed by atoms with van der Waals surface area (Å²) in [5.74, 6) is 0. The zero-order valence-corrected chi connectivity index (χ0v) is 11.9. The van der Waals surface area contributed by atoms with E-state index in [9.17, 15) is 13.5 Å². The maximum atomic E-state index is 12.7. The Labute approximate surface area is 122 Å². The second kappa shape index (κ2) is 4.74. The van der Waals surface area contributed by atoms with E-state index in [2.05, 4.69) is 0 Å². The molecule has 5 heteroatoms. The lowest BCUT2D eigenvalue weighted by Gasteiger charge is -2.09. The van der Waals surface area contributed by atoms with Crippen molar-refractivity contribution in [2.45, 2.75) is 16.4 Å². The number of hydrogen-bond acceptors (Lipinski definition) is 3. The molecule has 0 radical (unpaired) electrons. The first-order valence-corrected chi connectivity index (χ1v) is 7.85. The molecule has 0 atom stereocenters. The highest BCUT2D eigenvalue weighted by Crippen LogP contribution is 2.33. The zero-order valence-electron chi connectivity index (χ0n) is 10.4. The standard InChI is InChI=1S/C15H11ClO3S/c16-13-5-6-14-12(8-13)4-3-11-2-1-10(9-17)7-15(11)20(14,18)19/h1-8,17H,9H2. The summed E-state index contributed by atoms with van der Waals surface area (Å²) < 4.78 is 25.5. The molecule has 2 aromatic rings. The van der Waals surface area contributed by atoms with E-state index in [0.29, 0.717) is 21.7 Å². The van der Waals surface area contributed by atoms with Gasteiger partial charge in [0.05, 0.1) is 16.4 Å². The summed E-state index contributed by atoms with van der Waals surface area (Å²) in [5.41, 5.74) is 1.74. The highest BCUT2D eigenvalue weighted by atomic mass is 35.5. The lowest BCUT2D eigenvalue weighted by Crippen LogP contribution is -2.05. The van der Waals surface area contributed by atoms with Gasteiger partial charge in [-0.15, -0.1) is 0 Å². The highest BCUT2D eigenvalue weighted by molar-refractivity contribution is 7.91. The van der Waals surface area contributed by atoms with Crippen LogP contribution in [0.15, 0.2) is 46.2 Å². The Hall–Kier alpha value is -1.62. The minimum absolute atomic E-state index is 0.194. The fourth-order valence-electron chi connectivity index (χ4n) is 2.24. The van der Waals surface area contributed by atoms with Crippen molar-refractivity contribution in [1.29, 1.82) is 0 Å². The lowest BCUT2D eigenvalue weighted by atomic mass is 10.1. The van der Waals surface area contributed by atoms with Crippen LogP contribution in [0.3, 0.4) is 0 Å². The molecular formula is C15H11ClO3S. The molecule has 20 heavy (non-hydrogen) atoms. The molecule has 1 N–H and O–H groups in total. The van der Waals surface area contributed by atoms with Crippen molar-refractivity contribution >= 4 is 33.6 Å². The second-order valence-corrected chi connectivity index (χ2v) is 6.87. The van der Waals surface area contributed by atoms with Gasteiger partial charge in [-0.2, -0.15) is 0 Å². The first kappa shape index (κ1) is 13.4. The summed E-state index contributed by atoms with van der Waals surface area (Å²) in [4.78, 5) is 0.438. The van der Waals surface area contributed by atoms with Gasteiger partial charge in [0.25, 0.3) is 0 Å². The summed E-state index contributed by atoms with van der Waals surface area (Å²) in [5, 5.41) is 9.67. The Kier molecular flexibility index (Phi) is 3.17. The number of aliphatic hydroxyl groups excluding tert-OH is 1. The molecule has 3 nitrogen and oxygen atoms in total. The van der Waals surface area contributed by atoms with Gasteiger partial charge < -0.3 is 5.11 Å². The van der Waals surface area contributed by atoms with Crippen molar-refractivity contribution in [1.82, 2.24) is 0 Å². The molecule has 0 saturated carbocycles. The fourth-order valence-corrected chi connectivity index (χ4v) is 4.09. The van der Waals surface area contributed by atoms with Crippen LogP contribution in [-0.4, -0.2) is 13.5 Å². The molecule has 0 saturated heterocycles. The van der Waals surface area contributed by atoms with Crippen molar-refractivity contribution < 1.29 is 13.5 Å². The Morgan fingerprint density at radius 1 is 0.950 bits per heavy atom. The van der Waals surface area contributed by atoms with Gasteiger partial charge in [0.1, 0.15) is 0 Å². The Balaban J connectivity index is 2.34. The maximum absolute atomic E-state index is 12.7. The van der Waals surface area contributed by atoms with Crippen LogP contribution in [0.5, 0.6) is 0 Å². The minimum atomic E-state index is -3.62. The molecule has 0 aliphatic carbocycles. The summed E-state index contributed by atoms with van der Waals surface area (Å²) in [7, 11) is -3.62. The van der Waals surface area contributed by atoms with E-state index in [1.165, 1.54) is 12.1 Å². The third-order valence-corrected chi connectivity index (χ3v) is 5.37. The van der Waals surface area contributed by atoms with E-state index >= 15 is 0 Å². The van der Waals surface area contributed by atoms with Gasteiger partial charge in [0.2, 0.25) is 9.84 Å². The third-order valence-electron chi connectivity index (χ3n) is 3.25. The second-order valence-electron chi connectivity index (χ2n) is 4.55. The van der Waals surface area contributed by atoms with Gasteiger partial charge in [0, 0.05) is 5.02 Å². The third kappa shape index (κ3) is 2.06. The van der Waals surface area contributed by atoms with E-state index in [1.807, 2.05) is 0 Å². The first-order valence-electron chi connectivity index (χ1n) is 5.99. The SMILES string of the molecule is O=S1(=O)c2ccc(Cl)cc2C=Cc2ccc(CO)cc21. The van der Waals surface area contributed by atoms with Crippen LogP contribution in [0, 0.1) is 0 Å². The topological polar surface area (TPSA) is 54.4 Å². The monoisotopic (exact) mass is 306 g/mol.